The van der Waals surface area contributed by atoms with Gasteiger partial charge in [-0.1, -0.05) is 25.5 Å². The lowest BCUT2D eigenvalue weighted by Crippen LogP contribution is -1.91. The van der Waals surface area contributed by atoms with Crippen molar-refractivity contribution in [3.8, 4) is 11.5 Å². The van der Waals surface area contributed by atoms with Crippen LogP contribution in [0.3, 0.4) is 0 Å². The van der Waals surface area contributed by atoms with E-state index in [-0.39, 0.29) is 0 Å². The standard InChI is InChI=1S/C21H26O2/c1-5-6-7-18(13-17-8-9-20(22)12-14(17)2)19-10-15(3)21(23)16(4)11-19/h8-13,22-23H,5-7H2,1-4H3. The van der Waals surface area contributed by atoms with Gasteiger partial charge in [-0.25, -0.2) is 0 Å². The van der Waals surface area contributed by atoms with Crippen LogP contribution in [0.2, 0.25) is 0 Å². The molecule has 0 atom stereocenters. The Hall–Kier alpha value is -2.22. The first-order valence-corrected chi connectivity index (χ1v) is 8.23. The minimum atomic E-state index is 0.297. The molecule has 0 amide bonds. The summed E-state index contributed by atoms with van der Waals surface area (Å²) in [5.74, 6) is 0.676. The van der Waals surface area contributed by atoms with E-state index in [1.165, 1.54) is 11.1 Å². The molecule has 0 spiro atoms. The van der Waals surface area contributed by atoms with Crippen molar-refractivity contribution in [2.24, 2.45) is 0 Å². The van der Waals surface area contributed by atoms with Gasteiger partial charge in [0, 0.05) is 0 Å². The highest BCUT2D eigenvalue weighted by Gasteiger charge is 2.08. The zero-order chi connectivity index (χ0) is 17.0. The topological polar surface area (TPSA) is 40.5 Å². The summed E-state index contributed by atoms with van der Waals surface area (Å²) in [7, 11) is 0. The summed E-state index contributed by atoms with van der Waals surface area (Å²) in [6.45, 7) is 8.08. The van der Waals surface area contributed by atoms with Crippen molar-refractivity contribution in [3.63, 3.8) is 0 Å². The van der Waals surface area contributed by atoms with Crippen LogP contribution in [0.15, 0.2) is 30.3 Å². The second-order valence-corrected chi connectivity index (χ2v) is 6.27. The van der Waals surface area contributed by atoms with Crippen LogP contribution in [-0.2, 0) is 0 Å². The largest absolute Gasteiger partial charge is 0.508 e. The molecule has 23 heavy (non-hydrogen) atoms. The lowest BCUT2D eigenvalue weighted by Gasteiger charge is -2.13. The Morgan fingerprint density at radius 3 is 2.17 bits per heavy atom. The second-order valence-electron chi connectivity index (χ2n) is 6.27. The summed E-state index contributed by atoms with van der Waals surface area (Å²) >= 11 is 0. The van der Waals surface area contributed by atoms with Crippen LogP contribution in [0.1, 0.15) is 54.0 Å². The molecule has 0 aromatic heterocycles. The smallest absolute Gasteiger partial charge is 0.121 e. The van der Waals surface area contributed by atoms with Crippen molar-refractivity contribution in [3.05, 3.63) is 58.1 Å². The third-order valence-corrected chi connectivity index (χ3v) is 4.24. The number of aryl methyl sites for hydroxylation is 3. The van der Waals surface area contributed by atoms with Gasteiger partial charge in [-0.3, -0.25) is 0 Å². The molecule has 0 heterocycles. The molecule has 0 aliphatic heterocycles. The van der Waals surface area contributed by atoms with Crippen LogP contribution in [0, 0.1) is 20.8 Å². The molecule has 0 aliphatic rings. The highest BCUT2D eigenvalue weighted by molar-refractivity contribution is 5.83. The maximum absolute atomic E-state index is 10.0. The summed E-state index contributed by atoms with van der Waals surface area (Å²) in [4.78, 5) is 0. The molecule has 122 valence electrons. The van der Waals surface area contributed by atoms with Gasteiger partial charge in [0.05, 0.1) is 0 Å². The third kappa shape index (κ3) is 4.16. The van der Waals surface area contributed by atoms with E-state index in [0.29, 0.717) is 11.5 Å². The fourth-order valence-corrected chi connectivity index (χ4v) is 2.82. The van der Waals surface area contributed by atoms with Gasteiger partial charge in [0.1, 0.15) is 11.5 Å². The van der Waals surface area contributed by atoms with Gasteiger partial charge in [0.15, 0.2) is 0 Å². The van der Waals surface area contributed by atoms with E-state index in [9.17, 15) is 10.2 Å². The number of hydrogen-bond acceptors (Lipinski definition) is 2. The van der Waals surface area contributed by atoms with Crippen LogP contribution < -0.4 is 0 Å². The second kappa shape index (κ2) is 7.36. The van der Waals surface area contributed by atoms with Gasteiger partial charge in [-0.15, -0.1) is 0 Å². The first-order valence-electron chi connectivity index (χ1n) is 8.23. The molecule has 2 N–H and O–H groups in total. The minimum absolute atomic E-state index is 0.297. The number of aromatic hydroxyl groups is 2. The number of rotatable bonds is 5. The first-order chi connectivity index (χ1) is 10.9. The van der Waals surface area contributed by atoms with Crippen molar-refractivity contribution >= 4 is 11.6 Å². The molecule has 0 radical (unpaired) electrons. The van der Waals surface area contributed by atoms with Gasteiger partial charge >= 0.3 is 0 Å². The zero-order valence-electron chi connectivity index (χ0n) is 14.5. The Morgan fingerprint density at radius 1 is 0.957 bits per heavy atom. The Kier molecular flexibility index (Phi) is 5.49. The molecule has 0 fully saturated rings. The van der Waals surface area contributed by atoms with Crippen LogP contribution in [0.4, 0.5) is 0 Å². The number of benzene rings is 2. The maximum Gasteiger partial charge on any atom is 0.121 e. The number of phenols is 2. The van der Waals surface area contributed by atoms with E-state index in [0.717, 1.165) is 41.5 Å². The predicted octanol–water partition coefficient (Wildman–Crippen LogP) is 5.75. The normalized spacial score (nSPS) is 11.7. The van der Waals surface area contributed by atoms with Crippen LogP contribution in [-0.4, -0.2) is 10.2 Å². The van der Waals surface area contributed by atoms with Gasteiger partial charge in [0.2, 0.25) is 0 Å². The average molecular weight is 310 g/mol. The Bertz CT molecular complexity index is 704. The van der Waals surface area contributed by atoms with Crippen LogP contribution in [0.25, 0.3) is 11.6 Å². The third-order valence-electron chi connectivity index (χ3n) is 4.24. The summed E-state index contributed by atoms with van der Waals surface area (Å²) in [5, 5.41) is 19.6. The van der Waals surface area contributed by atoms with Crippen molar-refractivity contribution in [1.82, 2.24) is 0 Å². The molecule has 0 saturated carbocycles. The molecule has 2 heteroatoms. The number of allylic oxidation sites excluding steroid dienone is 1. The summed E-state index contributed by atoms with van der Waals surface area (Å²) in [5.41, 5.74) is 6.43. The lowest BCUT2D eigenvalue weighted by atomic mass is 9.93. The van der Waals surface area contributed by atoms with Crippen molar-refractivity contribution in [2.75, 3.05) is 0 Å². The van der Waals surface area contributed by atoms with Crippen molar-refractivity contribution in [1.29, 1.82) is 0 Å². The van der Waals surface area contributed by atoms with E-state index < -0.39 is 0 Å². The quantitative estimate of drug-likeness (QED) is 0.690. The Balaban J connectivity index is 2.50. The summed E-state index contributed by atoms with van der Waals surface area (Å²) < 4.78 is 0. The van der Waals surface area contributed by atoms with Crippen molar-refractivity contribution in [2.45, 2.75) is 47.0 Å². The van der Waals surface area contributed by atoms with E-state index >= 15 is 0 Å². The van der Waals surface area contributed by atoms with Crippen LogP contribution in [0.5, 0.6) is 11.5 Å². The summed E-state index contributed by atoms with van der Waals surface area (Å²) in [6, 6.07) is 9.58. The molecule has 2 rings (SSSR count). The van der Waals surface area contributed by atoms with Crippen LogP contribution >= 0.6 is 0 Å². The van der Waals surface area contributed by atoms with Gasteiger partial charge in [0.25, 0.3) is 0 Å². The number of hydrogen-bond donors (Lipinski definition) is 2. The monoisotopic (exact) mass is 310 g/mol. The fraction of sp³-hybridized carbons (Fsp3) is 0.333. The molecule has 0 bridgehead atoms. The van der Waals surface area contributed by atoms with E-state index in [1.54, 1.807) is 12.1 Å². The molecule has 0 unspecified atom stereocenters. The van der Waals surface area contributed by atoms with E-state index in [1.807, 2.05) is 26.8 Å². The fourth-order valence-electron chi connectivity index (χ4n) is 2.82. The summed E-state index contributed by atoms with van der Waals surface area (Å²) in [6.07, 6.45) is 5.47. The SMILES string of the molecule is CCCCC(=Cc1ccc(O)cc1C)c1cc(C)c(O)c(C)c1. The Labute approximate surface area is 139 Å². The number of unbranched alkanes of at least 4 members (excludes halogenated alkanes) is 1. The van der Waals surface area contributed by atoms with Gasteiger partial charge < -0.3 is 10.2 Å². The molecular formula is C21H26O2. The highest BCUT2D eigenvalue weighted by Crippen LogP contribution is 2.31. The molecule has 2 aromatic carbocycles. The van der Waals surface area contributed by atoms with Gasteiger partial charge in [-0.2, -0.15) is 0 Å². The Morgan fingerprint density at radius 2 is 1.61 bits per heavy atom. The molecule has 0 aliphatic carbocycles. The average Bonchev–Trinajstić information content (AvgIpc) is 2.50. The number of phenolic OH excluding ortho intramolecular Hbond substituents is 2. The van der Waals surface area contributed by atoms with E-state index in [2.05, 4.69) is 25.1 Å². The van der Waals surface area contributed by atoms with Gasteiger partial charge in [-0.05, 0) is 91.3 Å². The molecular weight excluding hydrogens is 284 g/mol. The predicted molar refractivity (Wildman–Crippen MR) is 97.8 cm³/mol. The minimum Gasteiger partial charge on any atom is -0.508 e. The molecule has 2 aromatic rings. The highest BCUT2D eigenvalue weighted by atomic mass is 16.3. The molecule has 0 saturated heterocycles. The maximum atomic E-state index is 10.0. The zero-order valence-corrected chi connectivity index (χ0v) is 14.5. The van der Waals surface area contributed by atoms with Crippen molar-refractivity contribution < 1.29 is 10.2 Å². The lowest BCUT2D eigenvalue weighted by molar-refractivity contribution is 0.467. The first kappa shape index (κ1) is 17.1. The van der Waals surface area contributed by atoms with E-state index in [4.69, 9.17) is 0 Å². The molecule has 2 nitrogen and oxygen atoms in total.